The highest BCUT2D eigenvalue weighted by Gasteiger charge is 2.13. The Morgan fingerprint density at radius 1 is 0.931 bits per heavy atom. The lowest BCUT2D eigenvalue weighted by Gasteiger charge is -2.09. The molecule has 29 heavy (non-hydrogen) atoms. The summed E-state index contributed by atoms with van der Waals surface area (Å²) in [6, 6.07) is 19.5. The van der Waals surface area contributed by atoms with E-state index < -0.39 is 5.97 Å². The number of benzene rings is 2. The van der Waals surface area contributed by atoms with E-state index in [1.807, 2.05) is 42.5 Å². The molecule has 2 heterocycles. The van der Waals surface area contributed by atoms with Gasteiger partial charge in [-0.2, -0.15) is 0 Å². The van der Waals surface area contributed by atoms with E-state index >= 15 is 0 Å². The van der Waals surface area contributed by atoms with Crippen molar-refractivity contribution in [1.82, 2.24) is 9.97 Å². The summed E-state index contributed by atoms with van der Waals surface area (Å²) in [5.41, 5.74) is 2.31. The van der Waals surface area contributed by atoms with Crippen molar-refractivity contribution in [2.24, 2.45) is 0 Å². The fourth-order valence-corrected chi connectivity index (χ4v) is 2.93. The molecular formula is C23H18N2O4. The molecule has 4 aromatic rings. The van der Waals surface area contributed by atoms with Crippen molar-refractivity contribution < 1.29 is 14.3 Å². The van der Waals surface area contributed by atoms with Gasteiger partial charge in [0.1, 0.15) is 19.0 Å². The van der Waals surface area contributed by atoms with Gasteiger partial charge in [0.2, 0.25) is 5.56 Å². The highest BCUT2D eigenvalue weighted by atomic mass is 16.5. The standard InChI is InChI=1S/C23H18N2O4/c26-22-12-20(19-5-1-2-6-21(19)25-22)23(27)29-14-16-7-9-18(10-8-16)28-15-17-4-3-11-24-13-17/h1-13H,14-15H2,(H,25,26). The number of ether oxygens (including phenoxy) is 2. The van der Waals surface area contributed by atoms with Gasteiger partial charge < -0.3 is 14.5 Å². The smallest absolute Gasteiger partial charge is 0.339 e. The second-order valence-electron chi connectivity index (χ2n) is 6.46. The van der Waals surface area contributed by atoms with Crippen LogP contribution in [0.5, 0.6) is 5.75 Å². The highest BCUT2D eigenvalue weighted by Crippen LogP contribution is 2.18. The van der Waals surface area contributed by atoms with Crippen molar-refractivity contribution in [3.8, 4) is 5.75 Å². The quantitative estimate of drug-likeness (QED) is 0.509. The fraction of sp³-hybridized carbons (Fsp3) is 0.0870. The minimum absolute atomic E-state index is 0.100. The summed E-state index contributed by atoms with van der Waals surface area (Å²) in [5, 5.41) is 0.649. The lowest BCUT2D eigenvalue weighted by atomic mass is 10.1. The van der Waals surface area contributed by atoms with Crippen molar-refractivity contribution in [2.45, 2.75) is 13.2 Å². The Morgan fingerprint density at radius 3 is 2.55 bits per heavy atom. The normalized spacial score (nSPS) is 10.6. The van der Waals surface area contributed by atoms with Gasteiger partial charge in [-0.1, -0.05) is 36.4 Å². The molecule has 0 aliphatic heterocycles. The number of fused-ring (bicyclic) bond motifs is 1. The van der Waals surface area contributed by atoms with Crippen LogP contribution < -0.4 is 10.3 Å². The maximum absolute atomic E-state index is 12.5. The lowest BCUT2D eigenvalue weighted by molar-refractivity contribution is 0.0475. The van der Waals surface area contributed by atoms with Gasteiger partial charge in [-0.05, 0) is 29.8 Å². The summed E-state index contributed by atoms with van der Waals surface area (Å²) in [5.74, 6) is 0.175. The molecule has 0 aliphatic rings. The Balaban J connectivity index is 1.39. The van der Waals surface area contributed by atoms with Gasteiger partial charge in [-0.25, -0.2) is 4.79 Å². The molecular weight excluding hydrogens is 368 g/mol. The van der Waals surface area contributed by atoms with Crippen molar-refractivity contribution in [3.63, 3.8) is 0 Å². The van der Waals surface area contributed by atoms with Gasteiger partial charge in [-0.3, -0.25) is 9.78 Å². The lowest BCUT2D eigenvalue weighted by Crippen LogP contribution is -2.12. The zero-order valence-corrected chi connectivity index (χ0v) is 15.5. The molecule has 0 unspecified atom stereocenters. The van der Waals surface area contributed by atoms with Crippen LogP contribution in [-0.4, -0.2) is 15.9 Å². The van der Waals surface area contributed by atoms with Crippen LogP contribution in [-0.2, 0) is 18.0 Å². The number of aromatic nitrogens is 2. The Hall–Kier alpha value is -3.93. The number of esters is 1. The maximum atomic E-state index is 12.5. The molecule has 0 spiro atoms. The van der Waals surface area contributed by atoms with E-state index in [4.69, 9.17) is 9.47 Å². The summed E-state index contributed by atoms with van der Waals surface area (Å²) < 4.78 is 11.1. The molecule has 0 amide bonds. The number of pyridine rings is 2. The molecule has 0 fully saturated rings. The van der Waals surface area contributed by atoms with E-state index in [-0.39, 0.29) is 17.7 Å². The van der Waals surface area contributed by atoms with Crippen LogP contribution in [0.3, 0.4) is 0 Å². The summed E-state index contributed by atoms with van der Waals surface area (Å²) in [6.07, 6.45) is 3.47. The number of nitrogens with zero attached hydrogens (tertiary/aromatic N) is 1. The molecule has 0 saturated carbocycles. The molecule has 6 nitrogen and oxygen atoms in total. The SMILES string of the molecule is O=C(OCc1ccc(OCc2cccnc2)cc1)c1cc(=O)[nH]c2ccccc12. The van der Waals surface area contributed by atoms with Crippen LogP contribution in [0.1, 0.15) is 21.5 Å². The first-order valence-electron chi connectivity index (χ1n) is 9.09. The summed E-state index contributed by atoms with van der Waals surface area (Å²) in [4.78, 5) is 31.1. The minimum atomic E-state index is -0.538. The van der Waals surface area contributed by atoms with E-state index in [9.17, 15) is 9.59 Å². The van der Waals surface area contributed by atoms with Gasteiger partial charge in [0, 0.05) is 34.9 Å². The van der Waals surface area contributed by atoms with Crippen molar-refractivity contribution in [3.05, 3.63) is 106 Å². The predicted molar refractivity (Wildman–Crippen MR) is 109 cm³/mol. The van der Waals surface area contributed by atoms with Crippen molar-refractivity contribution >= 4 is 16.9 Å². The first kappa shape index (κ1) is 18.4. The van der Waals surface area contributed by atoms with E-state index in [0.29, 0.717) is 23.3 Å². The molecule has 0 aliphatic carbocycles. The Labute approximate surface area is 166 Å². The average Bonchev–Trinajstić information content (AvgIpc) is 2.77. The fourth-order valence-electron chi connectivity index (χ4n) is 2.93. The zero-order chi connectivity index (χ0) is 20.1. The number of para-hydroxylation sites is 1. The van der Waals surface area contributed by atoms with Crippen LogP contribution in [0.15, 0.2) is 83.9 Å². The van der Waals surface area contributed by atoms with E-state index in [1.165, 1.54) is 6.07 Å². The van der Waals surface area contributed by atoms with Crippen LogP contribution in [0, 0.1) is 0 Å². The number of carbonyl (C=O) groups is 1. The molecule has 0 radical (unpaired) electrons. The average molecular weight is 386 g/mol. The number of rotatable bonds is 6. The topological polar surface area (TPSA) is 81.3 Å². The van der Waals surface area contributed by atoms with Crippen molar-refractivity contribution in [2.75, 3.05) is 0 Å². The molecule has 2 aromatic carbocycles. The van der Waals surface area contributed by atoms with Gasteiger partial charge in [0.05, 0.1) is 5.56 Å². The van der Waals surface area contributed by atoms with E-state index in [2.05, 4.69) is 9.97 Å². The van der Waals surface area contributed by atoms with Gasteiger partial charge >= 0.3 is 5.97 Å². The molecule has 4 rings (SSSR count). The minimum Gasteiger partial charge on any atom is -0.489 e. The molecule has 2 aromatic heterocycles. The number of H-pyrrole nitrogens is 1. The Kier molecular flexibility index (Phi) is 5.33. The van der Waals surface area contributed by atoms with Gasteiger partial charge in [0.25, 0.3) is 0 Å². The molecule has 1 N–H and O–H groups in total. The van der Waals surface area contributed by atoms with Crippen LogP contribution in [0.25, 0.3) is 10.9 Å². The van der Waals surface area contributed by atoms with Crippen molar-refractivity contribution in [1.29, 1.82) is 0 Å². The first-order valence-corrected chi connectivity index (χ1v) is 9.09. The monoisotopic (exact) mass is 386 g/mol. The van der Waals surface area contributed by atoms with E-state index in [0.717, 1.165) is 11.1 Å². The van der Waals surface area contributed by atoms with E-state index in [1.54, 1.807) is 30.6 Å². The van der Waals surface area contributed by atoms with Gasteiger partial charge in [0.15, 0.2) is 0 Å². The molecule has 0 atom stereocenters. The zero-order valence-electron chi connectivity index (χ0n) is 15.5. The second-order valence-corrected chi connectivity index (χ2v) is 6.46. The maximum Gasteiger partial charge on any atom is 0.339 e. The molecule has 6 heteroatoms. The van der Waals surface area contributed by atoms with Crippen LogP contribution in [0.2, 0.25) is 0 Å². The molecule has 144 valence electrons. The first-order chi connectivity index (χ1) is 14.2. The Bertz CT molecular complexity index is 1180. The van der Waals surface area contributed by atoms with Crippen LogP contribution >= 0.6 is 0 Å². The second kappa shape index (κ2) is 8.39. The van der Waals surface area contributed by atoms with Gasteiger partial charge in [-0.15, -0.1) is 0 Å². The molecule has 0 saturated heterocycles. The number of nitrogens with one attached hydrogen (secondary N) is 1. The number of hydrogen-bond acceptors (Lipinski definition) is 5. The molecule has 0 bridgehead atoms. The summed E-state index contributed by atoms with van der Waals surface area (Å²) in [7, 11) is 0. The number of hydrogen-bond donors (Lipinski definition) is 1. The number of carbonyl (C=O) groups excluding carboxylic acids is 1. The van der Waals surface area contributed by atoms with Crippen LogP contribution in [0.4, 0.5) is 0 Å². The third-order valence-electron chi connectivity index (χ3n) is 4.39. The summed E-state index contributed by atoms with van der Waals surface area (Å²) in [6.45, 7) is 0.528. The third kappa shape index (κ3) is 4.50. The third-order valence-corrected chi connectivity index (χ3v) is 4.39. The Morgan fingerprint density at radius 2 is 1.76 bits per heavy atom. The summed E-state index contributed by atoms with van der Waals surface area (Å²) >= 11 is 0. The predicted octanol–water partition coefficient (Wildman–Crippen LogP) is 3.86. The highest BCUT2D eigenvalue weighted by molar-refractivity contribution is 6.03. The largest absolute Gasteiger partial charge is 0.489 e. The number of aromatic amines is 1.